The molecule has 0 spiro atoms. The van der Waals surface area contributed by atoms with Crippen LogP contribution in [0, 0.1) is 11.8 Å². The summed E-state index contributed by atoms with van der Waals surface area (Å²) in [5, 5.41) is 15.1. The number of aliphatic carboxylic acids is 1. The zero-order chi connectivity index (χ0) is 15.4. The summed E-state index contributed by atoms with van der Waals surface area (Å²) in [7, 11) is 0. The van der Waals surface area contributed by atoms with Crippen LogP contribution in [0.3, 0.4) is 0 Å². The zero-order valence-corrected chi connectivity index (χ0v) is 13.6. The summed E-state index contributed by atoms with van der Waals surface area (Å²) in [5.74, 6) is -1.12. The van der Waals surface area contributed by atoms with E-state index in [9.17, 15) is 9.59 Å². The average molecular weight is 376 g/mol. The van der Waals surface area contributed by atoms with Crippen LogP contribution in [0.5, 0.6) is 0 Å². The first-order valence-corrected chi connectivity index (χ1v) is 7.87. The molecular formula is C14H16BrClN2O3. The molecule has 2 rings (SSSR count). The molecule has 114 valence electrons. The Labute approximate surface area is 136 Å². The Morgan fingerprint density at radius 1 is 1.38 bits per heavy atom. The Morgan fingerprint density at radius 3 is 2.81 bits per heavy atom. The number of carbonyl (C=O) groups is 2. The van der Waals surface area contributed by atoms with Gasteiger partial charge in [0.2, 0.25) is 0 Å². The lowest BCUT2D eigenvalue weighted by Gasteiger charge is -2.16. The minimum atomic E-state index is -0.777. The van der Waals surface area contributed by atoms with Gasteiger partial charge in [0.15, 0.2) is 0 Å². The molecule has 2 unspecified atom stereocenters. The van der Waals surface area contributed by atoms with E-state index in [1.165, 1.54) is 0 Å². The van der Waals surface area contributed by atoms with Gasteiger partial charge in [0.1, 0.15) is 0 Å². The summed E-state index contributed by atoms with van der Waals surface area (Å²) in [6, 6.07) is 4.73. The lowest BCUT2D eigenvalue weighted by atomic mass is 9.96. The number of urea groups is 1. The SMILES string of the molecule is O=C(NCC1CCCC1C(=O)O)Nc1ccc(Cl)c(Br)c1. The maximum absolute atomic E-state index is 11.8. The lowest BCUT2D eigenvalue weighted by Crippen LogP contribution is -2.35. The molecule has 1 aromatic carbocycles. The zero-order valence-electron chi connectivity index (χ0n) is 11.2. The molecule has 1 aliphatic carbocycles. The molecule has 0 radical (unpaired) electrons. The Morgan fingerprint density at radius 2 is 2.14 bits per heavy atom. The van der Waals surface area contributed by atoms with E-state index in [4.69, 9.17) is 16.7 Å². The number of rotatable bonds is 4. The Balaban J connectivity index is 1.84. The smallest absolute Gasteiger partial charge is 0.319 e. The molecule has 2 atom stereocenters. The van der Waals surface area contributed by atoms with Crippen LogP contribution in [0.1, 0.15) is 19.3 Å². The van der Waals surface area contributed by atoms with Crippen molar-refractivity contribution in [3.63, 3.8) is 0 Å². The van der Waals surface area contributed by atoms with Gasteiger partial charge in [-0.05, 0) is 52.9 Å². The number of carboxylic acids is 1. The number of hydrogen-bond donors (Lipinski definition) is 3. The third-order valence-corrected chi connectivity index (χ3v) is 4.89. The number of benzene rings is 1. The van der Waals surface area contributed by atoms with Gasteiger partial charge in [0, 0.05) is 16.7 Å². The topological polar surface area (TPSA) is 78.4 Å². The highest BCUT2D eigenvalue weighted by atomic mass is 79.9. The molecule has 1 saturated carbocycles. The molecular weight excluding hydrogens is 360 g/mol. The fourth-order valence-corrected chi connectivity index (χ4v) is 3.08. The maximum Gasteiger partial charge on any atom is 0.319 e. The van der Waals surface area contributed by atoms with Crippen molar-refractivity contribution >= 4 is 45.2 Å². The first-order chi connectivity index (χ1) is 9.97. The summed E-state index contributed by atoms with van der Waals surface area (Å²) < 4.78 is 0.698. The number of amides is 2. The van der Waals surface area contributed by atoms with Gasteiger partial charge in [-0.3, -0.25) is 4.79 Å². The largest absolute Gasteiger partial charge is 0.481 e. The van der Waals surface area contributed by atoms with Gasteiger partial charge in [-0.1, -0.05) is 18.0 Å². The van der Waals surface area contributed by atoms with Crippen LogP contribution in [0.25, 0.3) is 0 Å². The first kappa shape index (κ1) is 16.1. The maximum atomic E-state index is 11.8. The van der Waals surface area contributed by atoms with E-state index in [1.807, 2.05) is 0 Å². The van der Waals surface area contributed by atoms with Gasteiger partial charge in [0.25, 0.3) is 0 Å². The fourth-order valence-electron chi connectivity index (χ4n) is 2.58. The van der Waals surface area contributed by atoms with Gasteiger partial charge in [-0.15, -0.1) is 0 Å². The number of carboxylic acid groups (broad SMARTS) is 1. The predicted molar refractivity (Wildman–Crippen MR) is 84.6 cm³/mol. The number of anilines is 1. The molecule has 0 heterocycles. The van der Waals surface area contributed by atoms with E-state index >= 15 is 0 Å². The third-order valence-electron chi connectivity index (χ3n) is 3.68. The summed E-state index contributed by atoms with van der Waals surface area (Å²) in [4.78, 5) is 22.9. The van der Waals surface area contributed by atoms with E-state index in [1.54, 1.807) is 18.2 Å². The summed E-state index contributed by atoms with van der Waals surface area (Å²) in [6.45, 7) is 0.373. The van der Waals surface area contributed by atoms with Crippen LogP contribution >= 0.6 is 27.5 Å². The van der Waals surface area contributed by atoms with Crippen LogP contribution < -0.4 is 10.6 Å². The van der Waals surface area contributed by atoms with Crippen molar-refractivity contribution in [3.8, 4) is 0 Å². The lowest BCUT2D eigenvalue weighted by molar-refractivity contribution is -0.142. The highest BCUT2D eigenvalue weighted by Crippen LogP contribution is 2.31. The second-order valence-corrected chi connectivity index (χ2v) is 6.36. The number of halogens is 2. The molecule has 2 amide bonds. The van der Waals surface area contributed by atoms with Crippen LogP contribution in [-0.2, 0) is 4.79 Å². The van der Waals surface area contributed by atoms with Crippen molar-refractivity contribution in [2.45, 2.75) is 19.3 Å². The molecule has 3 N–H and O–H groups in total. The van der Waals surface area contributed by atoms with Crippen LogP contribution in [0.15, 0.2) is 22.7 Å². The monoisotopic (exact) mass is 374 g/mol. The Kier molecular flexibility index (Phi) is 5.47. The minimum Gasteiger partial charge on any atom is -0.481 e. The molecule has 1 aromatic rings. The molecule has 0 aliphatic heterocycles. The van der Waals surface area contributed by atoms with Gasteiger partial charge < -0.3 is 15.7 Å². The third kappa shape index (κ3) is 4.35. The van der Waals surface area contributed by atoms with Crippen molar-refractivity contribution in [1.29, 1.82) is 0 Å². The van der Waals surface area contributed by atoms with E-state index in [0.29, 0.717) is 28.1 Å². The van der Waals surface area contributed by atoms with Crippen LogP contribution in [-0.4, -0.2) is 23.7 Å². The molecule has 0 aromatic heterocycles. The molecule has 1 fully saturated rings. The van der Waals surface area contributed by atoms with Crippen molar-refractivity contribution < 1.29 is 14.7 Å². The average Bonchev–Trinajstić information content (AvgIpc) is 2.89. The fraction of sp³-hybridized carbons (Fsp3) is 0.429. The van der Waals surface area contributed by atoms with Crippen LogP contribution in [0.2, 0.25) is 5.02 Å². The molecule has 0 saturated heterocycles. The predicted octanol–water partition coefficient (Wildman–Crippen LogP) is 3.72. The summed E-state index contributed by atoms with van der Waals surface area (Å²) in [6.07, 6.45) is 2.42. The number of nitrogens with one attached hydrogen (secondary N) is 2. The van der Waals surface area contributed by atoms with Gasteiger partial charge in [0.05, 0.1) is 10.9 Å². The van der Waals surface area contributed by atoms with Gasteiger partial charge in [-0.25, -0.2) is 4.79 Å². The molecule has 7 heteroatoms. The van der Waals surface area contributed by atoms with Crippen molar-refractivity contribution in [1.82, 2.24) is 5.32 Å². The van der Waals surface area contributed by atoms with E-state index < -0.39 is 5.97 Å². The van der Waals surface area contributed by atoms with E-state index in [2.05, 4.69) is 26.6 Å². The normalized spacial score (nSPS) is 21.0. The van der Waals surface area contributed by atoms with E-state index in [0.717, 1.165) is 12.8 Å². The van der Waals surface area contributed by atoms with Crippen molar-refractivity contribution in [2.24, 2.45) is 11.8 Å². The minimum absolute atomic E-state index is 0.00482. The van der Waals surface area contributed by atoms with E-state index in [-0.39, 0.29) is 17.9 Å². The highest BCUT2D eigenvalue weighted by molar-refractivity contribution is 9.10. The first-order valence-electron chi connectivity index (χ1n) is 6.70. The van der Waals surface area contributed by atoms with Crippen molar-refractivity contribution in [3.05, 3.63) is 27.7 Å². The summed E-state index contributed by atoms with van der Waals surface area (Å²) >= 11 is 9.16. The molecule has 1 aliphatic rings. The van der Waals surface area contributed by atoms with Gasteiger partial charge >= 0.3 is 12.0 Å². The molecule has 21 heavy (non-hydrogen) atoms. The second-order valence-electron chi connectivity index (χ2n) is 5.10. The Hall–Kier alpha value is -1.27. The van der Waals surface area contributed by atoms with Gasteiger partial charge in [-0.2, -0.15) is 0 Å². The molecule has 0 bridgehead atoms. The second kappa shape index (κ2) is 7.13. The van der Waals surface area contributed by atoms with Crippen molar-refractivity contribution in [2.75, 3.05) is 11.9 Å². The summed E-state index contributed by atoms with van der Waals surface area (Å²) in [5.41, 5.74) is 0.616. The number of hydrogen-bond acceptors (Lipinski definition) is 2. The molecule has 5 nitrogen and oxygen atoms in total. The quantitative estimate of drug-likeness (QED) is 0.750. The Bertz CT molecular complexity index is 553. The van der Waals surface area contributed by atoms with Crippen LogP contribution in [0.4, 0.5) is 10.5 Å². The number of carbonyl (C=O) groups excluding carboxylic acids is 1. The highest BCUT2D eigenvalue weighted by Gasteiger charge is 2.32. The standard InChI is InChI=1S/C14H16BrClN2O3/c15-11-6-9(4-5-12(11)16)18-14(21)17-7-8-2-1-3-10(8)13(19)20/h4-6,8,10H,1-3,7H2,(H,19,20)(H2,17,18,21).